The van der Waals surface area contributed by atoms with Crippen LogP contribution >= 0.6 is 0 Å². The zero-order valence-corrected chi connectivity index (χ0v) is 20.3. The molecule has 0 aromatic rings. The summed E-state index contributed by atoms with van der Waals surface area (Å²) in [6.45, 7) is 5.14. The molecule has 0 bridgehead atoms. The monoisotopic (exact) mass is 410 g/mol. The lowest BCUT2D eigenvalue weighted by Crippen LogP contribution is -2.05. The lowest BCUT2D eigenvalue weighted by atomic mass is 10.0. The van der Waals surface area contributed by atoms with Gasteiger partial charge in [0.05, 0.1) is 6.61 Å². The Morgan fingerprint density at radius 3 is 1.14 bits per heavy atom. The molecule has 0 spiro atoms. The first-order valence-corrected chi connectivity index (χ1v) is 13.5. The minimum Gasteiger partial charge on any atom is -0.466 e. The van der Waals surface area contributed by atoms with Gasteiger partial charge in [0.25, 0.3) is 0 Å². The van der Waals surface area contributed by atoms with E-state index in [0.29, 0.717) is 13.0 Å². The predicted molar refractivity (Wildman–Crippen MR) is 128 cm³/mol. The van der Waals surface area contributed by atoms with Gasteiger partial charge < -0.3 is 4.74 Å². The summed E-state index contributed by atoms with van der Waals surface area (Å²) in [5.74, 6) is 0.0152. The van der Waals surface area contributed by atoms with Crippen LogP contribution in [0.25, 0.3) is 0 Å². The number of hydrogen-bond acceptors (Lipinski definition) is 2. The summed E-state index contributed by atoms with van der Waals surface area (Å²) in [5.41, 5.74) is 0. The van der Waals surface area contributed by atoms with Gasteiger partial charge in [-0.2, -0.15) is 0 Å². The first kappa shape index (κ1) is 28.5. The van der Waals surface area contributed by atoms with E-state index in [9.17, 15) is 4.79 Å². The van der Waals surface area contributed by atoms with Crippen LogP contribution in [0.2, 0.25) is 0 Å². The predicted octanol–water partition coefficient (Wildman–Crippen LogP) is 9.54. The van der Waals surface area contributed by atoms with Crippen molar-refractivity contribution in [3.8, 4) is 0 Å². The summed E-state index contributed by atoms with van der Waals surface area (Å²) >= 11 is 0. The summed E-state index contributed by atoms with van der Waals surface area (Å²) < 4.78 is 5.31. The van der Waals surface area contributed by atoms with E-state index < -0.39 is 0 Å². The summed E-state index contributed by atoms with van der Waals surface area (Å²) in [4.78, 5) is 11.7. The second-order valence-corrected chi connectivity index (χ2v) is 9.04. The average molecular weight is 411 g/mol. The average Bonchev–Trinajstić information content (AvgIpc) is 2.73. The summed E-state index contributed by atoms with van der Waals surface area (Å²) in [5, 5.41) is 0. The number of rotatable bonds is 24. The highest BCUT2D eigenvalue weighted by atomic mass is 16.5. The van der Waals surface area contributed by atoms with Crippen molar-refractivity contribution in [2.24, 2.45) is 0 Å². The van der Waals surface area contributed by atoms with Crippen molar-refractivity contribution in [2.45, 2.75) is 162 Å². The molecule has 0 N–H and O–H groups in total. The molecule has 2 nitrogen and oxygen atoms in total. The van der Waals surface area contributed by atoms with Gasteiger partial charge in [-0.05, 0) is 12.8 Å². The van der Waals surface area contributed by atoms with Gasteiger partial charge >= 0.3 is 5.97 Å². The summed E-state index contributed by atoms with van der Waals surface area (Å²) in [6.07, 6.45) is 30.0. The van der Waals surface area contributed by atoms with E-state index in [-0.39, 0.29) is 5.97 Å². The number of esters is 1. The molecular weight excluding hydrogens is 356 g/mol. The van der Waals surface area contributed by atoms with Gasteiger partial charge in [-0.15, -0.1) is 0 Å². The van der Waals surface area contributed by atoms with Crippen molar-refractivity contribution in [1.82, 2.24) is 0 Å². The second kappa shape index (κ2) is 25.5. The highest BCUT2D eigenvalue weighted by Gasteiger charge is 2.02. The van der Waals surface area contributed by atoms with Crippen LogP contribution in [0.5, 0.6) is 0 Å². The third kappa shape index (κ3) is 25.4. The van der Waals surface area contributed by atoms with Gasteiger partial charge in [0, 0.05) is 6.42 Å². The molecule has 0 heterocycles. The Labute approximate surface area is 184 Å². The summed E-state index contributed by atoms with van der Waals surface area (Å²) in [6, 6.07) is 0. The van der Waals surface area contributed by atoms with Crippen molar-refractivity contribution in [1.29, 1.82) is 0 Å². The smallest absolute Gasteiger partial charge is 0.305 e. The van der Waals surface area contributed by atoms with Crippen LogP contribution in [-0.2, 0) is 9.53 Å². The van der Waals surface area contributed by atoms with E-state index in [1.54, 1.807) is 0 Å². The first-order chi connectivity index (χ1) is 14.3. The molecule has 0 atom stereocenters. The normalized spacial score (nSPS) is 11.1. The molecule has 0 aliphatic heterocycles. The Bertz CT molecular complexity index is 314. The molecule has 0 aromatic carbocycles. The largest absolute Gasteiger partial charge is 0.466 e. The third-order valence-electron chi connectivity index (χ3n) is 6.00. The van der Waals surface area contributed by atoms with E-state index in [2.05, 4.69) is 13.8 Å². The van der Waals surface area contributed by atoms with Gasteiger partial charge in [0.1, 0.15) is 0 Å². The van der Waals surface area contributed by atoms with Crippen LogP contribution < -0.4 is 0 Å². The minimum absolute atomic E-state index is 0.0152. The molecule has 0 rings (SSSR count). The molecule has 0 aliphatic rings. The molecule has 0 unspecified atom stereocenters. The van der Waals surface area contributed by atoms with Crippen molar-refractivity contribution >= 4 is 5.97 Å². The van der Waals surface area contributed by atoms with Gasteiger partial charge in [0.2, 0.25) is 0 Å². The van der Waals surface area contributed by atoms with E-state index in [1.807, 2.05) is 0 Å². The number of hydrogen-bond donors (Lipinski definition) is 0. The van der Waals surface area contributed by atoms with Gasteiger partial charge in [-0.25, -0.2) is 0 Å². The lowest BCUT2D eigenvalue weighted by Gasteiger charge is -2.05. The van der Waals surface area contributed by atoms with Crippen LogP contribution in [-0.4, -0.2) is 12.6 Å². The van der Waals surface area contributed by atoms with E-state index >= 15 is 0 Å². The van der Waals surface area contributed by atoms with Crippen LogP contribution in [0.15, 0.2) is 0 Å². The lowest BCUT2D eigenvalue weighted by molar-refractivity contribution is -0.143. The summed E-state index contributed by atoms with van der Waals surface area (Å²) in [7, 11) is 0. The van der Waals surface area contributed by atoms with E-state index in [4.69, 9.17) is 4.74 Å². The molecule has 0 radical (unpaired) electrons. The van der Waals surface area contributed by atoms with E-state index in [1.165, 1.54) is 128 Å². The molecule has 0 aliphatic carbocycles. The van der Waals surface area contributed by atoms with Crippen LogP contribution in [0.1, 0.15) is 162 Å². The van der Waals surface area contributed by atoms with Crippen LogP contribution in [0, 0.1) is 0 Å². The Balaban J connectivity index is 3.10. The molecular formula is C27H54O2. The maximum atomic E-state index is 11.7. The zero-order valence-electron chi connectivity index (χ0n) is 20.3. The highest BCUT2D eigenvalue weighted by molar-refractivity contribution is 5.69. The Morgan fingerprint density at radius 2 is 0.759 bits per heavy atom. The number of carbonyl (C=O) groups is 1. The second-order valence-electron chi connectivity index (χ2n) is 9.04. The molecule has 0 saturated carbocycles. The minimum atomic E-state index is 0.0152. The number of unbranched alkanes of at least 4 members (excludes halogenated alkanes) is 20. The Kier molecular flexibility index (Phi) is 25.0. The molecule has 29 heavy (non-hydrogen) atoms. The van der Waals surface area contributed by atoms with Crippen molar-refractivity contribution in [3.63, 3.8) is 0 Å². The van der Waals surface area contributed by atoms with Gasteiger partial charge in [0.15, 0.2) is 0 Å². The quantitative estimate of drug-likeness (QED) is 0.117. The van der Waals surface area contributed by atoms with Gasteiger partial charge in [-0.1, -0.05) is 142 Å². The molecule has 0 saturated heterocycles. The molecule has 0 fully saturated rings. The molecule has 2 heteroatoms. The number of carbonyl (C=O) groups excluding carboxylic acids is 1. The molecule has 0 aromatic heterocycles. The standard InChI is InChI=1S/C27H54O2/c1-3-5-7-9-10-11-12-13-14-15-16-17-18-19-20-21-23-25-27(28)29-26-24-22-8-6-4-2/h3-26H2,1-2H3. The Morgan fingerprint density at radius 1 is 0.448 bits per heavy atom. The molecule has 174 valence electrons. The highest BCUT2D eigenvalue weighted by Crippen LogP contribution is 2.14. The van der Waals surface area contributed by atoms with E-state index in [0.717, 1.165) is 12.8 Å². The topological polar surface area (TPSA) is 26.3 Å². The van der Waals surface area contributed by atoms with Gasteiger partial charge in [-0.3, -0.25) is 4.79 Å². The maximum Gasteiger partial charge on any atom is 0.305 e. The fourth-order valence-corrected chi connectivity index (χ4v) is 3.96. The number of ether oxygens (including phenoxy) is 1. The fraction of sp³-hybridized carbons (Fsp3) is 0.963. The van der Waals surface area contributed by atoms with Crippen molar-refractivity contribution < 1.29 is 9.53 Å². The molecule has 0 amide bonds. The maximum absolute atomic E-state index is 11.7. The van der Waals surface area contributed by atoms with Crippen LogP contribution in [0.4, 0.5) is 0 Å². The third-order valence-corrected chi connectivity index (χ3v) is 6.00. The SMILES string of the molecule is CCCCCCCCCCCCCCCCCCCC(=O)OCCCCCCC. The Hall–Kier alpha value is -0.530. The first-order valence-electron chi connectivity index (χ1n) is 13.5. The van der Waals surface area contributed by atoms with Crippen LogP contribution in [0.3, 0.4) is 0 Å². The zero-order chi connectivity index (χ0) is 21.3. The van der Waals surface area contributed by atoms with Crippen molar-refractivity contribution in [3.05, 3.63) is 0 Å². The fourth-order valence-electron chi connectivity index (χ4n) is 3.96. The van der Waals surface area contributed by atoms with Crippen molar-refractivity contribution in [2.75, 3.05) is 6.61 Å².